The zero-order valence-electron chi connectivity index (χ0n) is 14.7. The summed E-state index contributed by atoms with van der Waals surface area (Å²) in [4.78, 5) is 42.5. The molecule has 0 saturated carbocycles. The van der Waals surface area contributed by atoms with Crippen LogP contribution in [0.25, 0.3) is 5.57 Å². The Balaban J connectivity index is 1.77. The molecule has 0 fully saturated rings. The largest absolute Gasteiger partial charge is 0.492 e. The molecular formula is C19H10FN3O6S. The number of aromatic hydroxyl groups is 1. The van der Waals surface area contributed by atoms with Gasteiger partial charge in [-0.05, 0) is 36.4 Å². The van der Waals surface area contributed by atoms with Crippen molar-refractivity contribution in [2.75, 3.05) is 5.32 Å². The molecule has 4 rings (SSSR count). The Labute approximate surface area is 170 Å². The molecule has 1 aromatic heterocycles. The van der Waals surface area contributed by atoms with Crippen molar-refractivity contribution in [3.63, 3.8) is 0 Å². The van der Waals surface area contributed by atoms with Gasteiger partial charge in [-0.25, -0.2) is 19.0 Å². The van der Waals surface area contributed by atoms with Gasteiger partial charge in [-0.2, -0.15) is 4.98 Å². The number of carbonyl (C=O) groups excluding carboxylic acids is 1. The Hall–Kier alpha value is -4.12. The summed E-state index contributed by atoms with van der Waals surface area (Å²) in [5.41, 5.74) is -0.437. The van der Waals surface area contributed by atoms with Gasteiger partial charge in [-0.3, -0.25) is 4.79 Å². The fourth-order valence-corrected chi connectivity index (χ4v) is 3.84. The SMILES string of the molecule is O=C1N=c2ccc(F)cc2=C1c1sc(Nc2cc(C(=O)O)cc(C(=O)O)c2)nc1O. The van der Waals surface area contributed by atoms with Crippen LogP contribution in [-0.4, -0.2) is 38.1 Å². The summed E-state index contributed by atoms with van der Waals surface area (Å²) in [5.74, 6) is -4.40. The van der Waals surface area contributed by atoms with E-state index in [1.165, 1.54) is 18.2 Å². The number of aromatic carboxylic acids is 2. The second kappa shape index (κ2) is 7.04. The van der Waals surface area contributed by atoms with E-state index in [9.17, 15) is 23.9 Å². The van der Waals surface area contributed by atoms with Crippen molar-refractivity contribution in [2.45, 2.75) is 0 Å². The highest BCUT2D eigenvalue weighted by Gasteiger charge is 2.25. The maximum atomic E-state index is 13.6. The lowest BCUT2D eigenvalue weighted by atomic mass is 10.1. The van der Waals surface area contributed by atoms with Crippen molar-refractivity contribution in [3.8, 4) is 5.88 Å². The lowest BCUT2D eigenvalue weighted by molar-refractivity contribution is -0.112. The number of carbonyl (C=O) groups is 3. The van der Waals surface area contributed by atoms with Crippen LogP contribution in [0.5, 0.6) is 5.88 Å². The molecule has 0 saturated heterocycles. The Morgan fingerprint density at radius 2 is 1.70 bits per heavy atom. The zero-order valence-corrected chi connectivity index (χ0v) is 15.5. The molecule has 4 N–H and O–H groups in total. The summed E-state index contributed by atoms with van der Waals surface area (Å²) in [6.07, 6.45) is 0. The summed E-state index contributed by atoms with van der Waals surface area (Å²) in [6, 6.07) is 7.02. The first-order chi connectivity index (χ1) is 14.2. The number of rotatable bonds is 5. The van der Waals surface area contributed by atoms with Gasteiger partial charge in [0.1, 0.15) is 10.7 Å². The molecule has 2 aromatic carbocycles. The molecule has 0 radical (unpaired) electrons. The van der Waals surface area contributed by atoms with Gasteiger partial charge in [0.15, 0.2) is 5.13 Å². The number of halogens is 1. The van der Waals surface area contributed by atoms with Crippen LogP contribution >= 0.6 is 11.3 Å². The first-order valence-corrected chi connectivity index (χ1v) is 9.06. The second-order valence-corrected chi connectivity index (χ2v) is 7.16. The molecule has 2 heterocycles. The van der Waals surface area contributed by atoms with Crippen LogP contribution in [0.3, 0.4) is 0 Å². The van der Waals surface area contributed by atoms with Gasteiger partial charge in [-0.1, -0.05) is 11.3 Å². The molecule has 9 nitrogen and oxygen atoms in total. The molecule has 0 bridgehead atoms. The highest BCUT2D eigenvalue weighted by molar-refractivity contribution is 7.17. The third-order valence-corrected chi connectivity index (χ3v) is 5.16. The van der Waals surface area contributed by atoms with E-state index in [-0.39, 0.29) is 43.0 Å². The average Bonchev–Trinajstić information content (AvgIpc) is 3.19. The molecule has 0 atom stereocenters. The van der Waals surface area contributed by atoms with Gasteiger partial charge < -0.3 is 20.6 Å². The summed E-state index contributed by atoms with van der Waals surface area (Å²) in [6.45, 7) is 0. The number of anilines is 2. The van der Waals surface area contributed by atoms with Crippen molar-refractivity contribution in [3.05, 3.63) is 68.8 Å². The molecule has 0 unspecified atom stereocenters. The van der Waals surface area contributed by atoms with Crippen molar-refractivity contribution >= 4 is 45.6 Å². The molecule has 11 heteroatoms. The van der Waals surface area contributed by atoms with Gasteiger partial charge >= 0.3 is 11.9 Å². The standard InChI is InChI=1S/C19H10FN3O6S/c20-9-1-2-12-11(6-9)13(15(24)22-12)14-16(25)23-19(30-14)21-10-4-7(17(26)27)3-8(5-10)18(28)29/h1-6,25H,(H,21,23)(H,26,27)(H,28,29). The van der Waals surface area contributed by atoms with Gasteiger partial charge in [0.05, 0.1) is 22.1 Å². The average molecular weight is 427 g/mol. The third-order valence-electron chi connectivity index (χ3n) is 4.18. The number of benzene rings is 2. The van der Waals surface area contributed by atoms with Crippen LogP contribution in [0.15, 0.2) is 41.4 Å². The molecule has 0 spiro atoms. The Bertz CT molecular complexity index is 1350. The minimum atomic E-state index is -1.32. The number of thiazole rings is 1. The van der Waals surface area contributed by atoms with E-state index >= 15 is 0 Å². The molecule has 1 amide bonds. The Morgan fingerprint density at radius 1 is 1.03 bits per heavy atom. The second-order valence-electron chi connectivity index (χ2n) is 6.16. The van der Waals surface area contributed by atoms with E-state index in [1.54, 1.807) is 0 Å². The lowest BCUT2D eigenvalue weighted by Gasteiger charge is -2.06. The number of carboxylic acid groups (broad SMARTS) is 2. The maximum Gasteiger partial charge on any atom is 0.335 e. The highest BCUT2D eigenvalue weighted by Crippen LogP contribution is 2.35. The number of carboxylic acids is 2. The molecule has 1 aliphatic rings. The molecule has 30 heavy (non-hydrogen) atoms. The fraction of sp³-hybridized carbons (Fsp3) is 0. The number of aromatic nitrogens is 1. The molecular weight excluding hydrogens is 417 g/mol. The zero-order chi connectivity index (χ0) is 21.6. The van der Waals surface area contributed by atoms with Crippen molar-refractivity contribution in [1.82, 2.24) is 4.98 Å². The maximum absolute atomic E-state index is 13.6. The predicted molar refractivity (Wildman–Crippen MR) is 102 cm³/mol. The predicted octanol–water partition coefficient (Wildman–Crippen LogP) is 1.49. The number of amides is 1. The summed E-state index contributed by atoms with van der Waals surface area (Å²) < 4.78 is 13.6. The van der Waals surface area contributed by atoms with Crippen LogP contribution in [0.1, 0.15) is 25.6 Å². The first-order valence-electron chi connectivity index (χ1n) is 8.24. The van der Waals surface area contributed by atoms with Crippen LogP contribution < -0.4 is 15.9 Å². The lowest BCUT2D eigenvalue weighted by Crippen LogP contribution is -2.23. The van der Waals surface area contributed by atoms with E-state index in [4.69, 9.17) is 10.2 Å². The Kier molecular flexibility index (Phi) is 4.51. The summed E-state index contributed by atoms with van der Waals surface area (Å²) in [5, 5.41) is 31.8. The molecule has 3 aromatic rings. The monoisotopic (exact) mass is 427 g/mol. The first kappa shape index (κ1) is 19.2. The topological polar surface area (TPSA) is 149 Å². The molecule has 150 valence electrons. The smallest absolute Gasteiger partial charge is 0.335 e. The van der Waals surface area contributed by atoms with Gasteiger partial charge in [-0.15, -0.1) is 0 Å². The van der Waals surface area contributed by atoms with Crippen molar-refractivity contribution in [1.29, 1.82) is 0 Å². The van der Waals surface area contributed by atoms with Gasteiger partial charge in [0.2, 0.25) is 5.88 Å². The van der Waals surface area contributed by atoms with Gasteiger partial charge in [0.25, 0.3) is 5.91 Å². The highest BCUT2D eigenvalue weighted by atomic mass is 32.1. The minimum absolute atomic E-state index is 0.0157. The van der Waals surface area contributed by atoms with E-state index in [1.807, 2.05) is 0 Å². The minimum Gasteiger partial charge on any atom is -0.492 e. The normalized spacial score (nSPS) is 12.4. The van der Waals surface area contributed by atoms with Crippen LogP contribution in [0.2, 0.25) is 0 Å². The van der Waals surface area contributed by atoms with E-state index in [2.05, 4.69) is 15.3 Å². The fourth-order valence-electron chi connectivity index (χ4n) is 2.90. The third kappa shape index (κ3) is 3.37. The van der Waals surface area contributed by atoms with E-state index in [0.29, 0.717) is 0 Å². The number of hydrogen-bond acceptors (Lipinski definition) is 7. The summed E-state index contributed by atoms with van der Waals surface area (Å²) in [7, 11) is 0. The van der Waals surface area contributed by atoms with Crippen LogP contribution in [0, 0.1) is 5.82 Å². The number of nitrogens with zero attached hydrogens (tertiary/aromatic N) is 2. The van der Waals surface area contributed by atoms with Crippen LogP contribution in [0.4, 0.5) is 15.2 Å². The molecule has 0 aliphatic carbocycles. The summed E-state index contributed by atoms with van der Waals surface area (Å²) >= 11 is 0.846. The Morgan fingerprint density at radius 3 is 2.33 bits per heavy atom. The van der Waals surface area contributed by atoms with Crippen molar-refractivity contribution < 1.29 is 34.1 Å². The van der Waals surface area contributed by atoms with Crippen molar-refractivity contribution in [2.24, 2.45) is 4.99 Å². The number of hydrogen-bond donors (Lipinski definition) is 4. The number of fused-ring (bicyclic) bond motifs is 1. The quantitative estimate of drug-likeness (QED) is 0.478. The van der Waals surface area contributed by atoms with Crippen LogP contribution in [-0.2, 0) is 4.79 Å². The number of nitrogens with one attached hydrogen (secondary N) is 1. The van der Waals surface area contributed by atoms with Gasteiger partial charge in [0, 0.05) is 10.9 Å². The van der Waals surface area contributed by atoms with E-state index in [0.717, 1.165) is 29.5 Å². The van der Waals surface area contributed by atoms with E-state index < -0.39 is 29.5 Å². The molecule has 1 aliphatic heterocycles.